The molecule has 244 valence electrons. The van der Waals surface area contributed by atoms with Crippen LogP contribution in [0.1, 0.15) is 0 Å². The first-order valence-electron chi connectivity index (χ1n) is 17.2. The minimum absolute atomic E-state index is 0.610. The Kier molecular flexibility index (Phi) is 7.03. The zero-order valence-electron chi connectivity index (χ0n) is 27.9. The number of hydrogen-bond acceptors (Lipinski definition) is 5. The van der Waals surface area contributed by atoms with Gasteiger partial charge in [-0.05, 0) is 53.6 Å². The molecule has 3 heterocycles. The second-order valence-corrected chi connectivity index (χ2v) is 12.7. The molecule has 0 unspecified atom stereocenters. The second-order valence-electron chi connectivity index (χ2n) is 12.7. The molecule has 0 saturated carbocycles. The van der Waals surface area contributed by atoms with Crippen molar-refractivity contribution in [1.82, 2.24) is 24.5 Å². The van der Waals surface area contributed by atoms with Gasteiger partial charge in [0.2, 0.25) is 5.89 Å². The number of nitrogens with zero attached hydrogens (tertiary/aromatic N) is 5. The Morgan fingerprint density at radius 1 is 0.365 bits per heavy atom. The fourth-order valence-electron chi connectivity index (χ4n) is 6.95. The molecule has 0 spiro atoms. The van der Waals surface area contributed by atoms with E-state index in [4.69, 9.17) is 24.4 Å². The molecule has 0 radical (unpaired) electrons. The predicted molar refractivity (Wildman–Crippen MR) is 209 cm³/mol. The van der Waals surface area contributed by atoms with E-state index in [0.29, 0.717) is 23.4 Å². The molecule has 0 N–H and O–H groups in total. The molecular weight excluding hydrogens is 639 g/mol. The molecule has 0 saturated heterocycles. The normalized spacial score (nSPS) is 11.5. The molecule has 52 heavy (non-hydrogen) atoms. The van der Waals surface area contributed by atoms with Crippen molar-refractivity contribution >= 4 is 32.9 Å². The molecule has 10 aromatic rings. The number of oxazole rings is 1. The Morgan fingerprint density at radius 2 is 0.923 bits per heavy atom. The van der Waals surface area contributed by atoms with Gasteiger partial charge < -0.3 is 8.98 Å². The van der Waals surface area contributed by atoms with Crippen LogP contribution in [-0.2, 0) is 0 Å². The maximum absolute atomic E-state index is 6.17. The molecule has 6 heteroatoms. The fraction of sp³-hybridized carbons (Fsp3) is 0. The standard InChI is InChI=1S/C46H29N5O/c1-3-12-31(13-4-1)43-48-44(32-14-5-2-6-15-32)50-45(49-43)33-24-22-30(23-25-33)34-16-11-17-36(28-34)51-40-20-9-7-18-37(40)38-27-26-35(29-41(38)51)46-47-39-19-8-10-21-42(39)52-46/h1-29H. The van der Waals surface area contributed by atoms with Crippen molar-refractivity contribution < 1.29 is 4.42 Å². The minimum atomic E-state index is 0.610. The third-order valence-corrected chi connectivity index (χ3v) is 9.49. The number of benzene rings is 7. The van der Waals surface area contributed by atoms with Gasteiger partial charge >= 0.3 is 0 Å². The third-order valence-electron chi connectivity index (χ3n) is 9.49. The van der Waals surface area contributed by atoms with Crippen LogP contribution >= 0.6 is 0 Å². The van der Waals surface area contributed by atoms with Gasteiger partial charge in [0.15, 0.2) is 23.1 Å². The van der Waals surface area contributed by atoms with Crippen molar-refractivity contribution in [1.29, 1.82) is 0 Å². The number of hydrogen-bond donors (Lipinski definition) is 0. The van der Waals surface area contributed by atoms with Crippen molar-refractivity contribution in [3.63, 3.8) is 0 Å². The lowest BCUT2D eigenvalue weighted by Crippen LogP contribution is -2.00. The molecule has 0 aliphatic carbocycles. The topological polar surface area (TPSA) is 69.6 Å². The molecule has 10 rings (SSSR count). The van der Waals surface area contributed by atoms with E-state index in [1.165, 1.54) is 10.8 Å². The number of fused-ring (bicyclic) bond motifs is 4. The van der Waals surface area contributed by atoms with E-state index in [-0.39, 0.29) is 0 Å². The highest BCUT2D eigenvalue weighted by atomic mass is 16.3. The summed E-state index contributed by atoms with van der Waals surface area (Å²) in [5.74, 6) is 2.53. The molecule has 0 amide bonds. The summed E-state index contributed by atoms with van der Waals surface area (Å²) < 4.78 is 8.50. The van der Waals surface area contributed by atoms with Gasteiger partial charge in [-0.2, -0.15) is 0 Å². The first kappa shape index (κ1) is 29.7. The highest BCUT2D eigenvalue weighted by molar-refractivity contribution is 6.10. The van der Waals surface area contributed by atoms with Crippen LogP contribution in [0.4, 0.5) is 0 Å². The summed E-state index contributed by atoms with van der Waals surface area (Å²) >= 11 is 0. The highest BCUT2D eigenvalue weighted by Crippen LogP contribution is 2.36. The predicted octanol–water partition coefficient (Wildman–Crippen LogP) is 11.4. The van der Waals surface area contributed by atoms with Gasteiger partial charge in [0.1, 0.15) is 5.52 Å². The van der Waals surface area contributed by atoms with Crippen molar-refractivity contribution in [2.24, 2.45) is 0 Å². The molecule has 0 aliphatic rings. The summed E-state index contributed by atoms with van der Waals surface area (Å²) in [4.78, 5) is 19.4. The van der Waals surface area contributed by atoms with E-state index in [2.05, 4.69) is 95.6 Å². The van der Waals surface area contributed by atoms with Crippen LogP contribution in [0.2, 0.25) is 0 Å². The summed E-state index contributed by atoms with van der Waals surface area (Å²) in [6.07, 6.45) is 0. The van der Waals surface area contributed by atoms with Crippen LogP contribution in [0.15, 0.2) is 180 Å². The molecule has 7 aromatic carbocycles. The molecule has 0 aliphatic heterocycles. The molecule has 0 bridgehead atoms. The fourth-order valence-corrected chi connectivity index (χ4v) is 6.95. The third kappa shape index (κ3) is 5.22. The van der Waals surface area contributed by atoms with Crippen molar-refractivity contribution in [3.8, 4) is 62.4 Å². The maximum Gasteiger partial charge on any atom is 0.227 e. The average molecular weight is 668 g/mol. The van der Waals surface area contributed by atoms with Gasteiger partial charge in [-0.3, -0.25) is 0 Å². The largest absolute Gasteiger partial charge is 0.436 e. The Balaban J connectivity index is 1.05. The van der Waals surface area contributed by atoms with Crippen LogP contribution in [-0.4, -0.2) is 24.5 Å². The number of aromatic nitrogens is 5. The minimum Gasteiger partial charge on any atom is -0.436 e. The van der Waals surface area contributed by atoms with E-state index >= 15 is 0 Å². The highest BCUT2D eigenvalue weighted by Gasteiger charge is 2.17. The van der Waals surface area contributed by atoms with E-state index in [9.17, 15) is 0 Å². The lowest BCUT2D eigenvalue weighted by atomic mass is 10.0. The van der Waals surface area contributed by atoms with Gasteiger partial charge in [0.05, 0.1) is 11.0 Å². The Bertz CT molecular complexity index is 2800. The SMILES string of the molecule is c1ccc(-c2nc(-c3ccccc3)nc(-c3ccc(-c4cccc(-n5c6ccccc6c6ccc(-c7nc8ccccc8o7)cc65)c4)cc3)n2)cc1. The van der Waals surface area contributed by atoms with Crippen molar-refractivity contribution in [2.45, 2.75) is 0 Å². The summed E-state index contributed by atoms with van der Waals surface area (Å²) in [7, 11) is 0. The molecule has 3 aromatic heterocycles. The van der Waals surface area contributed by atoms with Gasteiger partial charge in [-0.1, -0.05) is 133 Å². The Morgan fingerprint density at radius 3 is 1.63 bits per heavy atom. The van der Waals surface area contributed by atoms with E-state index in [1.807, 2.05) is 84.9 Å². The lowest BCUT2D eigenvalue weighted by molar-refractivity contribution is 0.620. The van der Waals surface area contributed by atoms with Gasteiger partial charge in [0.25, 0.3) is 0 Å². The van der Waals surface area contributed by atoms with Crippen molar-refractivity contribution in [3.05, 3.63) is 176 Å². The van der Waals surface area contributed by atoms with E-state index in [0.717, 1.165) is 61.2 Å². The van der Waals surface area contributed by atoms with Crippen LogP contribution in [0.25, 0.3) is 95.3 Å². The Hall–Kier alpha value is -7.18. The van der Waals surface area contributed by atoms with Crippen LogP contribution in [0.5, 0.6) is 0 Å². The number of rotatable bonds is 6. The average Bonchev–Trinajstić information content (AvgIpc) is 3.81. The van der Waals surface area contributed by atoms with Crippen LogP contribution < -0.4 is 0 Å². The number of para-hydroxylation sites is 3. The zero-order chi connectivity index (χ0) is 34.4. The monoisotopic (exact) mass is 667 g/mol. The lowest BCUT2D eigenvalue weighted by Gasteiger charge is -2.11. The summed E-state index contributed by atoms with van der Waals surface area (Å²) in [6, 6.07) is 60.1. The summed E-state index contributed by atoms with van der Waals surface area (Å²) in [6.45, 7) is 0. The van der Waals surface area contributed by atoms with Gasteiger partial charge in [-0.25, -0.2) is 19.9 Å². The molecule has 6 nitrogen and oxygen atoms in total. The van der Waals surface area contributed by atoms with Gasteiger partial charge in [0, 0.05) is 38.7 Å². The first-order chi connectivity index (χ1) is 25.7. The van der Waals surface area contributed by atoms with Crippen LogP contribution in [0, 0.1) is 0 Å². The first-order valence-corrected chi connectivity index (χ1v) is 17.2. The molecule has 0 fully saturated rings. The summed E-state index contributed by atoms with van der Waals surface area (Å²) in [5, 5.41) is 2.37. The molecular formula is C46H29N5O. The van der Waals surface area contributed by atoms with Crippen molar-refractivity contribution in [2.75, 3.05) is 0 Å². The Labute approximate surface area is 299 Å². The van der Waals surface area contributed by atoms with E-state index in [1.54, 1.807) is 0 Å². The quantitative estimate of drug-likeness (QED) is 0.176. The maximum atomic E-state index is 6.17. The summed E-state index contributed by atoms with van der Waals surface area (Å²) in [5.41, 5.74) is 10.9. The smallest absolute Gasteiger partial charge is 0.227 e. The van der Waals surface area contributed by atoms with Gasteiger partial charge in [-0.15, -0.1) is 0 Å². The molecule has 0 atom stereocenters. The van der Waals surface area contributed by atoms with E-state index < -0.39 is 0 Å². The second kappa shape index (κ2) is 12.3. The zero-order valence-corrected chi connectivity index (χ0v) is 27.9. The van der Waals surface area contributed by atoms with Crippen LogP contribution in [0.3, 0.4) is 0 Å².